The van der Waals surface area contributed by atoms with Gasteiger partial charge in [-0.25, -0.2) is 4.79 Å². The Morgan fingerprint density at radius 3 is 2.67 bits per heavy atom. The van der Waals surface area contributed by atoms with Crippen LogP contribution in [-0.4, -0.2) is 43.6 Å². The molecule has 1 unspecified atom stereocenters. The smallest absolute Gasteiger partial charge is 0.339 e. The van der Waals surface area contributed by atoms with Crippen molar-refractivity contribution in [2.75, 3.05) is 26.7 Å². The molecule has 1 aliphatic heterocycles. The standard InChI is InChI=1S/C23H30N2O4.ClH/c1-15(22(26)25(2)14-16-9-11-24-12-10-16)28-17-7-8-19-18-5-3-4-6-20(18)23(27)29-21(19)13-17;/h7-8,13,15-16,24H,3-6,9-12,14H2,1-2H3;1H. The first kappa shape index (κ1) is 22.6. The Morgan fingerprint density at radius 1 is 1.23 bits per heavy atom. The number of fused-ring (bicyclic) bond motifs is 3. The van der Waals surface area contributed by atoms with Gasteiger partial charge in [-0.05, 0) is 82.2 Å². The Kier molecular flexibility index (Phi) is 7.42. The summed E-state index contributed by atoms with van der Waals surface area (Å²) in [4.78, 5) is 26.8. The maximum atomic E-state index is 12.7. The molecule has 7 heteroatoms. The number of hydrogen-bond acceptors (Lipinski definition) is 5. The van der Waals surface area contributed by atoms with Crippen LogP contribution in [-0.2, 0) is 17.6 Å². The summed E-state index contributed by atoms with van der Waals surface area (Å²) in [5.41, 5.74) is 2.23. The number of carbonyl (C=O) groups is 1. The van der Waals surface area contributed by atoms with E-state index in [9.17, 15) is 9.59 Å². The fraction of sp³-hybridized carbons (Fsp3) is 0.565. The van der Waals surface area contributed by atoms with Crippen molar-refractivity contribution in [2.45, 2.75) is 51.6 Å². The van der Waals surface area contributed by atoms with Crippen molar-refractivity contribution in [3.05, 3.63) is 39.7 Å². The van der Waals surface area contributed by atoms with Gasteiger partial charge in [-0.15, -0.1) is 12.4 Å². The second kappa shape index (κ2) is 9.84. The van der Waals surface area contributed by atoms with Crippen molar-refractivity contribution in [3.8, 4) is 5.75 Å². The molecule has 2 heterocycles. The van der Waals surface area contributed by atoms with Gasteiger partial charge in [0.05, 0.1) is 0 Å². The summed E-state index contributed by atoms with van der Waals surface area (Å²) < 4.78 is 11.5. The third-order valence-electron chi connectivity index (χ3n) is 6.22. The Labute approximate surface area is 183 Å². The Morgan fingerprint density at radius 2 is 1.93 bits per heavy atom. The van der Waals surface area contributed by atoms with Gasteiger partial charge in [-0.1, -0.05) is 0 Å². The van der Waals surface area contributed by atoms with Crippen LogP contribution in [0, 0.1) is 5.92 Å². The van der Waals surface area contributed by atoms with E-state index in [1.54, 1.807) is 17.9 Å². The second-order valence-corrected chi connectivity index (χ2v) is 8.38. The summed E-state index contributed by atoms with van der Waals surface area (Å²) in [6, 6.07) is 5.56. The fourth-order valence-corrected chi connectivity index (χ4v) is 4.61. The van der Waals surface area contributed by atoms with Crippen LogP contribution in [0.1, 0.15) is 43.7 Å². The van der Waals surface area contributed by atoms with Crippen LogP contribution in [0.3, 0.4) is 0 Å². The number of ether oxygens (including phenoxy) is 1. The summed E-state index contributed by atoms with van der Waals surface area (Å²) >= 11 is 0. The van der Waals surface area contributed by atoms with Gasteiger partial charge in [0.2, 0.25) is 0 Å². The molecule has 30 heavy (non-hydrogen) atoms. The topological polar surface area (TPSA) is 71.8 Å². The lowest BCUT2D eigenvalue weighted by atomic mass is 9.91. The van der Waals surface area contributed by atoms with Gasteiger partial charge in [0.15, 0.2) is 6.10 Å². The molecule has 4 rings (SSSR count). The van der Waals surface area contributed by atoms with Crippen molar-refractivity contribution in [1.82, 2.24) is 10.2 Å². The minimum atomic E-state index is -0.594. The molecule has 2 aromatic rings. The lowest BCUT2D eigenvalue weighted by Crippen LogP contribution is -2.42. The van der Waals surface area contributed by atoms with Gasteiger partial charge in [0.1, 0.15) is 11.3 Å². The lowest BCUT2D eigenvalue weighted by Gasteiger charge is -2.29. The Bertz CT molecular complexity index is 952. The zero-order chi connectivity index (χ0) is 20.4. The van der Waals surface area contributed by atoms with E-state index in [4.69, 9.17) is 9.15 Å². The van der Waals surface area contributed by atoms with E-state index in [1.165, 1.54) is 0 Å². The van der Waals surface area contributed by atoms with E-state index in [0.29, 0.717) is 17.3 Å². The van der Waals surface area contributed by atoms with E-state index in [1.807, 2.05) is 19.2 Å². The summed E-state index contributed by atoms with van der Waals surface area (Å²) in [7, 11) is 1.84. The normalized spacial score (nSPS) is 17.7. The van der Waals surface area contributed by atoms with Crippen LogP contribution in [0.5, 0.6) is 5.75 Å². The molecule has 164 valence electrons. The van der Waals surface area contributed by atoms with Crippen LogP contribution >= 0.6 is 12.4 Å². The van der Waals surface area contributed by atoms with Crippen LogP contribution in [0.4, 0.5) is 0 Å². The monoisotopic (exact) mass is 434 g/mol. The van der Waals surface area contributed by atoms with Crippen molar-refractivity contribution in [1.29, 1.82) is 0 Å². The minimum absolute atomic E-state index is 0. The second-order valence-electron chi connectivity index (χ2n) is 8.38. The summed E-state index contributed by atoms with van der Waals surface area (Å²) in [5, 5.41) is 4.33. The molecule has 1 saturated heterocycles. The van der Waals surface area contributed by atoms with Crippen LogP contribution in [0.15, 0.2) is 27.4 Å². The summed E-state index contributed by atoms with van der Waals surface area (Å²) in [6.07, 6.45) is 5.44. The highest BCUT2D eigenvalue weighted by atomic mass is 35.5. The number of piperidine rings is 1. The first-order valence-electron chi connectivity index (χ1n) is 10.7. The highest BCUT2D eigenvalue weighted by Gasteiger charge is 2.24. The SMILES string of the molecule is CC(Oc1ccc2c3c(c(=O)oc2c1)CCCC3)C(=O)N(C)CC1CCNCC1.Cl. The van der Waals surface area contributed by atoms with Gasteiger partial charge in [-0.3, -0.25) is 4.79 Å². The molecular weight excluding hydrogens is 404 g/mol. The number of nitrogens with one attached hydrogen (secondary N) is 1. The number of rotatable bonds is 5. The third kappa shape index (κ3) is 4.81. The number of aryl methyl sites for hydroxylation is 1. The quantitative estimate of drug-likeness (QED) is 0.731. The maximum Gasteiger partial charge on any atom is 0.339 e. The number of likely N-dealkylation sites (N-methyl/N-ethyl adjacent to an activating group) is 1. The van der Waals surface area contributed by atoms with Crippen molar-refractivity contribution in [2.24, 2.45) is 5.92 Å². The average Bonchev–Trinajstić information content (AvgIpc) is 2.74. The average molecular weight is 435 g/mol. The minimum Gasteiger partial charge on any atom is -0.481 e. The molecule has 1 aromatic carbocycles. The number of nitrogens with zero attached hydrogens (tertiary/aromatic N) is 1. The molecule has 1 atom stereocenters. The third-order valence-corrected chi connectivity index (χ3v) is 6.22. The zero-order valence-electron chi connectivity index (χ0n) is 17.7. The molecule has 6 nitrogen and oxygen atoms in total. The molecule has 0 spiro atoms. The first-order valence-corrected chi connectivity index (χ1v) is 10.7. The molecule has 1 N–H and O–H groups in total. The predicted octanol–water partition coefficient (Wildman–Crippen LogP) is 3.32. The van der Waals surface area contributed by atoms with Gasteiger partial charge in [0.25, 0.3) is 5.91 Å². The molecular formula is C23H31ClN2O4. The Hall–Kier alpha value is -2.05. The van der Waals surface area contributed by atoms with E-state index in [2.05, 4.69) is 5.32 Å². The first-order chi connectivity index (χ1) is 14.0. The molecule has 0 saturated carbocycles. The molecule has 2 aliphatic rings. The molecule has 0 bridgehead atoms. The lowest BCUT2D eigenvalue weighted by molar-refractivity contribution is -0.137. The van der Waals surface area contributed by atoms with Crippen molar-refractivity contribution >= 4 is 29.3 Å². The molecule has 1 aromatic heterocycles. The summed E-state index contributed by atoms with van der Waals surface area (Å²) in [6.45, 7) is 4.57. The molecule has 1 fully saturated rings. The van der Waals surface area contributed by atoms with E-state index >= 15 is 0 Å². The van der Waals surface area contributed by atoms with Gasteiger partial charge in [0, 0.05) is 30.6 Å². The number of amides is 1. The number of hydrogen-bond donors (Lipinski definition) is 1. The largest absolute Gasteiger partial charge is 0.481 e. The number of carbonyl (C=O) groups excluding carboxylic acids is 1. The number of halogens is 1. The van der Waals surface area contributed by atoms with E-state index in [-0.39, 0.29) is 23.9 Å². The van der Waals surface area contributed by atoms with Crippen LogP contribution in [0.25, 0.3) is 11.0 Å². The molecule has 1 amide bonds. The Balaban J connectivity index is 0.00000256. The molecule has 1 aliphatic carbocycles. The van der Waals surface area contributed by atoms with Gasteiger partial charge < -0.3 is 19.4 Å². The highest BCUT2D eigenvalue weighted by Crippen LogP contribution is 2.29. The summed E-state index contributed by atoms with van der Waals surface area (Å²) in [5.74, 6) is 1.06. The van der Waals surface area contributed by atoms with Crippen molar-refractivity contribution < 1.29 is 13.9 Å². The van der Waals surface area contributed by atoms with Crippen molar-refractivity contribution in [3.63, 3.8) is 0 Å². The predicted molar refractivity (Wildman–Crippen MR) is 120 cm³/mol. The zero-order valence-corrected chi connectivity index (χ0v) is 18.6. The fourth-order valence-electron chi connectivity index (χ4n) is 4.61. The number of benzene rings is 1. The van der Waals surface area contributed by atoms with Gasteiger partial charge >= 0.3 is 5.63 Å². The van der Waals surface area contributed by atoms with Crippen LogP contribution in [0.2, 0.25) is 0 Å². The maximum absolute atomic E-state index is 12.7. The van der Waals surface area contributed by atoms with E-state index in [0.717, 1.165) is 74.7 Å². The highest BCUT2D eigenvalue weighted by molar-refractivity contribution is 5.85. The van der Waals surface area contributed by atoms with Gasteiger partial charge in [-0.2, -0.15) is 0 Å². The van der Waals surface area contributed by atoms with E-state index < -0.39 is 6.10 Å². The van der Waals surface area contributed by atoms with Crippen LogP contribution < -0.4 is 15.7 Å². The molecule has 0 radical (unpaired) electrons.